The van der Waals surface area contributed by atoms with Crippen LogP contribution in [-0.2, 0) is 0 Å². The first-order chi connectivity index (χ1) is 24.2. The van der Waals surface area contributed by atoms with E-state index in [9.17, 15) is 0 Å². The third-order valence-electron chi connectivity index (χ3n) is 10.2. The van der Waals surface area contributed by atoms with Gasteiger partial charge in [-0.05, 0) is 110 Å². The molecule has 0 radical (unpaired) electrons. The van der Waals surface area contributed by atoms with Gasteiger partial charge in [-0.15, -0.1) is 0 Å². The highest BCUT2D eigenvalue weighted by molar-refractivity contribution is 6.17. The number of anilines is 3. The van der Waals surface area contributed by atoms with Crippen LogP contribution < -0.4 is 4.90 Å². The van der Waals surface area contributed by atoms with Crippen LogP contribution >= 0.6 is 0 Å². The molecule has 3 heteroatoms. The molecule has 0 amide bonds. The normalized spacial score (nSPS) is 12.1. The Hall–Kier alpha value is -6.58. The summed E-state index contributed by atoms with van der Waals surface area (Å²) in [5.74, 6) is 0. The van der Waals surface area contributed by atoms with Crippen molar-refractivity contribution >= 4 is 104 Å². The smallest absolute Gasteiger partial charge is 0.136 e. The van der Waals surface area contributed by atoms with Crippen LogP contribution in [0.5, 0.6) is 0 Å². The molecule has 0 aliphatic rings. The van der Waals surface area contributed by atoms with Gasteiger partial charge in [-0.2, -0.15) is 0 Å². The van der Waals surface area contributed by atoms with E-state index in [0.717, 1.165) is 60.9 Å². The second-order valence-electron chi connectivity index (χ2n) is 12.9. The number of hydrogen-bond donors (Lipinski definition) is 0. The van der Waals surface area contributed by atoms with Crippen LogP contribution in [0.25, 0.3) is 87.0 Å². The highest BCUT2D eigenvalue weighted by Gasteiger charge is 2.18. The molecule has 11 aromatic rings. The van der Waals surface area contributed by atoms with E-state index >= 15 is 0 Å². The molecule has 0 bridgehead atoms. The van der Waals surface area contributed by atoms with E-state index in [1.807, 2.05) is 24.3 Å². The lowest BCUT2D eigenvalue weighted by atomic mass is 9.98. The molecule has 0 fully saturated rings. The molecule has 0 aliphatic carbocycles. The van der Waals surface area contributed by atoms with Gasteiger partial charge in [0.2, 0.25) is 0 Å². The molecule has 0 saturated heterocycles. The van der Waals surface area contributed by atoms with Gasteiger partial charge in [0, 0.05) is 38.6 Å². The molecule has 0 atom stereocenters. The first kappa shape index (κ1) is 26.5. The molecule has 9 aromatic carbocycles. The maximum absolute atomic E-state index is 6.23. The maximum Gasteiger partial charge on any atom is 0.136 e. The summed E-state index contributed by atoms with van der Waals surface area (Å²) in [4.78, 5) is 2.37. The second-order valence-corrected chi connectivity index (χ2v) is 12.9. The van der Waals surface area contributed by atoms with Gasteiger partial charge in [0.25, 0.3) is 0 Å². The molecule has 228 valence electrons. The van der Waals surface area contributed by atoms with Gasteiger partial charge in [-0.25, -0.2) is 0 Å². The maximum atomic E-state index is 6.23. The average Bonchev–Trinajstić information content (AvgIpc) is 3.71. The zero-order chi connectivity index (χ0) is 32.1. The molecule has 0 N–H and O–H groups in total. The predicted molar refractivity (Wildman–Crippen MR) is 206 cm³/mol. The van der Waals surface area contributed by atoms with Crippen LogP contribution in [0, 0.1) is 0 Å². The third kappa shape index (κ3) is 3.96. The van der Waals surface area contributed by atoms with Crippen LogP contribution in [0.4, 0.5) is 17.1 Å². The summed E-state index contributed by atoms with van der Waals surface area (Å²) in [5, 5.41) is 14.2. The fourth-order valence-corrected chi connectivity index (χ4v) is 7.84. The summed E-state index contributed by atoms with van der Waals surface area (Å²) in [6, 6.07) is 58.7. The Morgan fingerprint density at radius 2 is 0.735 bits per heavy atom. The Bertz CT molecular complexity index is 3130. The molecule has 3 nitrogen and oxygen atoms in total. The first-order valence-electron chi connectivity index (χ1n) is 16.7. The summed E-state index contributed by atoms with van der Waals surface area (Å²) >= 11 is 0. The Labute approximate surface area is 280 Å². The Kier molecular flexibility index (Phi) is 5.38. The largest absolute Gasteiger partial charge is 0.456 e. The standard InChI is InChI=1S/C46H27NO2/c1-2-8-35-28(7-1)13-14-29-17-18-33(25-39(29)35)47(34-20-22-45-41(26-34)37-9-3-5-11-43(37)48-45)32-19-21-36-30(23-32)15-16-31-24-46-42(27-40(31)36)38-10-4-6-12-44(38)49-46/h1-27H. The van der Waals surface area contributed by atoms with Gasteiger partial charge in [-0.1, -0.05) is 97.1 Å². The zero-order valence-corrected chi connectivity index (χ0v) is 26.4. The predicted octanol–water partition coefficient (Wildman–Crippen LogP) is 13.6. The van der Waals surface area contributed by atoms with E-state index < -0.39 is 0 Å². The summed E-state index contributed by atoms with van der Waals surface area (Å²) in [6.07, 6.45) is 0. The highest BCUT2D eigenvalue weighted by Crippen LogP contribution is 2.42. The van der Waals surface area contributed by atoms with Crippen molar-refractivity contribution in [3.63, 3.8) is 0 Å². The molecule has 0 saturated carbocycles. The summed E-state index contributed by atoms with van der Waals surface area (Å²) in [7, 11) is 0. The van der Waals surface area contributed by atoms with E-state index in [1.165, 1.54) is 43.1 Å². The highest BCUT2D eigenvalue weighted by atomic mass is 16.3. The zero-order valence-electron chi connectivity index (χ0n) is 26.4. The fraction of sp³-hybridized carbons (Fsp3) is 0. The van der Waals surface area contributed by atoms with Crippen molar-refractivity contribution < 1.29 is 8.83 Å². The number of benzene rings is 9. The van der Waals surface area contributed by atoms with E-state index in [2.05, 4.69) is 144 Å². The van der Waals surface area contributed by atoms with Crippen molar-refractivity contribution in [2.45, 2.75) is 0 Å². The van der Waals surface area contributed by atoms with Crippen molar-refractivity contribution in [1.82, 2.24) is 0 Å². The van der Waals surface area contributed by atoms with Gasteiger partial charge >= 0.3 is 0 Å². The summed E-state index contributed by atoms with van der Waals surface area (Å²) < 4.78 is 12.4. The number of hydrogen-bond acceptors (Lipinski definition) is 3. The number of furan rings is 2. The Morgan fingerprint density at radius 3 is 1.53 bits per heavy atom. The number of para-hydroxylation sites is 2. The van der Waals surface area contributed by atoms with Crippen molar-refractivity contribution in [2.24, 2.45) is 0 Å². The summed E-state index contributed by atoms with van der Waals surface area (Å²) in [5.41, 5.74) is 6.89. The van der Waals surface area contributed by atoms with Crippen molar-refractivity contribution in [3.05, 3.63) is 164 Å². The second kappa shape index (κ2) is 9.96. The molecule has 0 unspecified atom stereocenters. The minimum atomic E-state index is 0.887. The van der Waals surface area contributed by atoms with Crippen molar-refractivity contribution in [1.29, 1.82) is 0 Å². The van der Waals surface area contributed by atoms with Crippen LogP contribution in [-0.4, -0.2) is 0 Å². The Morgan fingerprint density at radius 1 is 0.265 bits per heavy atom. The first-order valence-corrected chi connectivity index (χ1v) is 16.7. The minimum Gasteiger partial charge on any atom is -0.456 e. The number of rotatable bonds is 3. The lowest BCUT2D eigenvalue weighted by Crippen LogP contribution is -2.10. The van der Waals surface area contributed by atoms with E-state index in [1.54, 1.807) is 0 Å². The van der Waals surface area contributed by atoms with Crippen molar-refractivity contribution in [2.75, 3.05) is 4.90 Å². The van der Waals surface area contributed by atoms with E-state index in [-0.39, 0.29) is 0 Å². The number of fused-ring (bicyclic) bond motifs is 12. The van der Waals surface area contributed by atoms with Crippen LogP contribution in [0.2, 0.25) is 0 Å². The molecule has 2 aromatic heterocycles. The van der Waals surface area contributed by atoms with Gasteiger partial charge in [0.05, 0.1) is 0 Å². The molecule has 0 spiro atoms. The van der Waals surface area contributed by atoms with Crippen LogP contribution in [0.15, 0.2) is 173 Å². The van der Waals surface area contributed by atoms with Gasteiger partial charge < -0.3 is 13.7 Å². The average molecular weight is 626 g/mol. The molecular formula is C46H27NO2. The lowest BCUT2D eigenvalue weighted by Gasteiger charge is -2.26. The molecular weight excluding hydrogens is 599 g/mol. The lowest BCUT2D eigenvalue weighted by molar-refractivity contribution is 0.668. The molecule has 0 aliphatic heterocycles. The van der Waals surface area contributed by atoms with E-state index in [4.69, 9.17) is 8.83 Å². The Balaban J connectivity index is 1.15. The SMILES string of the molecule is c1ccc2c(c1)ccc1ccc(N(c3ccc4c(ccc5cc6oc7ccccc7c6cc54)c3)c3ccc4oc5ccccc5c4c3)cc12. The third-order valence-corrected chi connectivity index (χ3v) is 10.2. The number of nitrogens with zero attached hydrogens (tertiary/aromatic N) is 1. The van der Waals surface area contributed by atoms with Gasteiger partial charge in [0.15, 0.2) is 0 Å². The topological polar surface area (TPSA) is 29.5 Å². The molecule has 49 heavy (non-hydrogen) atoms. The van der Waals surface area contributed by atoms with E-state index in [0.29, 0.717) is 0 Å². The summed E-state index contributed by atoms with van der Waals surface area (Å²) in [6.45, 7) is 0. The van der Waals surface area contributed by atoms with Gasteiger partial charge in [0.1, 0.15) is 22.3 Å². The molecule has 11 rings (SSSR count). The molecule has 2 heterocycles. The van der Waals surface area contributed by atoms with Crippen LogP contribution in [0.1, 0.15) is 0 Å². The van der Waals surface area contributed by atoms with Crippen molar-refractivity contribution in [3.8, 4) is 0 Å². The van der Waals surface area contributed by atoms with Crippen LogP contribution in [0.3, 0.4) is 0 Å². The minimum absolute atomic E-state index is 0.887. The quantitative estimate of drug-likeness (QED) is 0.183. The monoisotopic (exact) mass is 625 g/mol. The fourth-order valence-electron chi connectivity index (χ4n) is 7.84. The van der Waals surface area contributed by atoms with Gasteiger partial charge in [-0.3, -0.25) is 0 Å².